The minimum Gasteiger partial charge on any atom is -0.490 e. The summed E-state index contributed by atoms with van der Waals surface area (Å²) in [6.45, 7) is 1.91. The van der Waals surface area contributed by atoms with Gasteiger partial charge in [-0.1, -0.05) is 41.6 Å². The van der Waals surface area contributed by atoms with Crippen LogP contribution < -0.4 is 31.4 Å². The quantitative estimate of drug-likeness (QED) is 0.0461. The van der Waals surface area contributed by atoms with Crippen LogP contribution in [0.1, 0.15) is 35.2 Å². The topological polar surface area (TPSA) is 222 Å². The van der Waals surface area contributed by atoms with Crippen molar-refractivity contribution in [3.63, 3.8) is 0 Å². The standard InChI is InChI=1S/C35H35B4N9O6S/c1-20-2-4-22(5-3-20)32-45-23(16-52-32)19-55-33-27(15-41)30(26(14-40)31(42)46-33)21-6-8-24(9-7-21)51-17-25(54-35(50)29(48-39)11-13-44-37)18-53-34(49)28(47-38)10-12-43-36/h2-9,16,25,28-29,43-44,47-48H,10-13,17-19H2,1H3,(H2,42,46)/t25-,28-,29-/m0/s1. The fraction of sp³-hybridized carbons (Fsp3) is 0.314. The molecule has 2 aromatic heterocycles. The molecule has 4 aromatic rings. The number of nitrogen functional groups attached to an aromatic ring is 1. The third-order valence-electron chi connectivity index (χ3n) is 8.02. The zero-order chi connectivity index (χ0) is 39.7. The lowest BCUT2D eigenvalue weighted by Gasteiger charge is -2.23. The number of nitrogens with zero attached hydrogens (tertiary/aromatic N) is 4. The van der Waals surface area contributed by atoms with Crippen molar-refractivity contribution in [3.05, 3.63) is 77.2 Å². The van der Waals surface area contributed by atoms with Gasteiger partial charge in [0.25, 0.3) is 0 Å². The van der Waals surface area contributed by atoms with E-state index >= 15 is 0 Å². The first kappa shape index (κ1) is 42.5. The van der Waals surface area contributed by atoms with Crippen LogP contribution in [-0.2, 0) is 24.8 Å². The Morgan fingerprint density at radius 3 is 2.09 bits per heavy atom. The molecule has 0 fully saturated rings. The maximum Gasteiger partial charge on any atom is 0.322 e. The van der Waals surface area contributed by atoms with E-state index in [2.05, 4.69) is 43.0 Å². The number of thioether (sulfide) groups is 1. The number of aromatic nitrogens is 2. The largest absolute Gasteiger partial charge is 0.490 e. The first-order valence-electron chi connectivity index (χ1n) is 16.8. The summed E-state index contributed by atoms with van der Waals surface area (Å²) >= 11 is 1.23. The molecule has 274 valence electrons. The summed E-state index contributed by atoms with van der Waals surface area (Å²) in [4.78, 5) is 34.5. The number of anilines is 1. The number of benzene rings is 2. The van der Waals surface area contributed by atoms with E-state index in [0.29, 0.717) is 39.2 Å². The van der Waals surface area contributed by atoms with Gasteiger partial charge in [0.15, 0.2) is 38.0 Å². The average Bonchev–Trinajstić information content (AvgIpc) is 3.68. The van der Waals surface area contributed by atoms with Crippen molar-refractivity contribution in [1.29, 1.82) is 10.5 Å². The molecular weight excluding hydrogens is 718 g/mol. The van der Waals surface area contributed by atoms with Crippen LogP contribution in [0.25, 0.3) is 22.6 Å². The molecule has 6 N–H and O–H groups in total. The second-order valence-corrected chi connectivity index (χ2v) is 12.9. The van der Waals surface area contributed by atoms with Crippen molar-refractivity contribution < 1.29 is 28.2 Å². The van der Waals surface area contributed by atoms with Crippen molar-refractivity contribution in [2.24, 2.45) is 0 Å². The SMILES string of the molecule is [B]NCC[C@H](N[B])C(=O)OC[C@H](COc1ccc(-c2c(C#N)c(N)nc(SCc3coc(-c4ccc(C)cc4)n3)c2C#N)cc1)OC(=O)[C@H](CCN[B])N[B]. The van der Waals surface area contributed by atoms with Gasteiger partial charge in [-0.05, 0) is 62.7 Å². The summed E-state index contributed by atoms with van der Waals surface area (Å²) in [5.74, 6) is -0.369. The van der Waals surface area contributed by atoms with Crippen molar-refractivity contribution in [1.82, 2.24) is 30.9 Å². The summed E-state index contributed by atoms with van der Waals surface area (Å²) < 4.78 is 22.6. The molecule has 4 rings (SSSR count). The van der Waals surface area contributed by atoms with Gasteiger partial charge in [0, 0.05) is 16.9 Å². The molecule has 0 spiro atoms. The van der Waals surface area contributed by atoms with Crippen molar-refractivity contribution >= 4 is 61.4 Å². The molecule has 55 heavy (non-hydrogen) atoms. The Morgan fingerprint density at radius 2 is 1.49 bits per heavy atom. The number of hydrogen-bond donors (Lipinski definition) is 5. The number of aryl methyl sites for hydroxylation is 1. The molecule has 2 aromatic carbocycles. The molecular formula is C35H35B4N9O6S. The third kappa shape index (κ3) is 11.9. The maximum absolute atomic E-state index is 12.9. The molecule has 8 radical (unpaired) electrons. The van der Waals surface area contributed by atoms with Crippen molar-refractivity contribution in [3.8, 4) is 40.5 Å². The Kier molecular flexibility index (Phi) is 16.7. The highest BCUT2D eigenvalue weighted by molar-refractivity contribution is 7.98. The predicted molar refractivity (Wildman–Crippen MR) is 208 cm³/mol. The molecule has 0 aliphatic carbocycles. The highest BCUT2D eigenvalue weighted by Gasteiger charge is 2.26. The molecule has 0 bridgehead atoms. The number of carbonyl (C=O) groups excluding carboxylic acids is 2. The van der Waals surface area contributed by atoms with Gasteiger partial charge in [-0.15, -0.1) is 0 Å². The molecule has 0 aliphatic rings. The number of nitriles is 2. The van der Waals surface area contributed by atoms with Crippen LogP contribution in [0, 0.1) is 29.6 Å². The highest BCUT2D eigenvalue weighted by atomic mass is 32.2. The lowest BCUT2D eigenvalue weighted by Crippen LogP contribution is -2.43. The van der Waals surface area contributed by atoms with Gasteiger partial charge >= 0.3 is 11.9 Å². The second-order valence-electron chi connectivity index (χ2n) is 11.9. The zero-order valence-electron chi connectivity index (χ0n) is 29.9. The average molecular weight is 753 g/mol. The lowest BCUT2D eigenvalue weighted by molar-refractivity contribution is -0.163. The van der Waals surface area contributed by atoms with Gasteiger partial charge in [0.05, 0.1) is 23.3 Å². The summed E-state index contributed by atoms with van der Waals surface area (Å²) in [6.07, 6.45) is 0.900. The van der Waals surface area contributed by atoms with E-state index in [0.717, 1.165) is 11.1 Å². The van der Waals surface area contributed by atoms with Gasteiger partial charge in [0.1, 0.15) is 53.8 Å². The summed E-state index contributed by atoms with van der Waals surface area (Å²) in [5.41, 5.74) is 9.77. The summed E-state index contributed by atoms with van der Waals surface area (Å²) in [5, 5.41) is 30.2. The second kappa shape index (κ2) is 21.6. The molecule has 2 heterocycles. The smallest absolute Gasteiger partial charge is 0.322 e. The number of carbonyl (C=O) groups is 2. The van der Waals surface area contributed by atoms with E-state index in [1.807, 2.05) is 31.2 Å². The van der Waals surface area contributed by atoms with Crippen LogP contribution >= 0.6 is 11.8 Å². The third-order valence-corrected chi connectivity index (χ3v) is 9.03. The number of nitrogens with two attached hydrogens (primary N) is 1. The normalized spacial score (nSPS) is 12.5. The number of nitrogens with one attached hydrogen (secondary N) is 4. The van der Waals surface area contributed by atoms with Crippen LogP contribution in [0.15, 0.2) is 64.2 Å². The maximum atomic E-state index is 12.9. The molecule has 0 amide bonds. The van der Waals surface area contributed by atoms with E-state index in [1.54, 1.807) is 30.5 Å². The molecule has 20 heteroatoms. The Bertz CT molecular complexity index is 1980. The van der Waals surface area contributed by atoms with E-state index in [4.69, 9.17) is 56.3 Å². The van der Waals surface area contributed by atoms with Crippen LogP contribution in [0.3, 0.4) is 0 Å². The first-order valence-corrected chi connectivity index (χ1v) is 17.8. The molecule has 3 atom stereocenters. The van der Waals surface area contributed by atoms with Gasteiger partial charge < -0.3 is 45.3 Å². The highest BCUT2D eigenvalue weighted by Crippen LogP contribution is 2.37. The Balaban J connectivity index is 1.51. The molecule has 15 nitrogen and oxygen atoms in total. The van der Waals surface area contributed by atoms with E-state index in [9.17, 15) is 20.1 Å². The molecule has 0 saturated heterocycles. The minimum absolute atomic E-state index is 0.0341. The molecule has 0 aliphatic heterocycles. The van der Waals surface area contributed by atoms with E-state index in [1.165, 1.54) is 11.8 Å². The Hall–Kier alpha value is -5.23. The monoisotopic (exact) mass is 753 g/mol. The number of ether oxygens (including phenoxy) is 3. The number of esters is 2. The number of pyridine rings is 1. The summed E-state index contributed by atoms with van der Waals surface area (Å²) in [7, 11) is 21.7. The zero-order valence-corrected chi connectivity index (χ0v) is 30.7. The number of hydrogen-bond acceptors (Lipinski definition) is 16. The predicted octanol–water partition coefficient (Wildman–Crippen LogP) is 1.37. The van der Waals surface area contributed by atoms with Crippen molar-refractivity contribution in [2.75, 3.05) is 32.0 Å². The van der Waals surface area contributed by atoms with Crippen LogP contribution in [0.4, 0.5) is 5.82 Å². The number of oxazole rings is 1. The first-order chi connectivity index (χ1) is 26.6. The van der Waals surface area contributed by atoms with Gasteiger partial charge in [-0.25, -0.2) is 9.97 Å². The molecule has 0 unspecified atom stereocenters. The van der Waals surface area contributed by atoms with Crippen LogP contribution in [0.5, 0.6) is 5.75 Å². The Morgan fingerprint density at radius 1 is 0.873 bits per heavy atom. The Labute approximate surface area is 328 Å². The summed E-state index contributed by atoms with van der Waals surface area (Å²) in [6, 6.07) is 16.7. The lowest BCUT2D eigenvalue weighted by atomic mass is 9.97. The minimum atomic E-state index is -1.07. The fourth-order valence-electron chi connectivity index (χ4n) is 5.07. The van der Waals surface area contributed by atoms with Gasteiger partial charge in [-0.3, -0.25) is 9.59 Å². The number of rotatable bonds is 21. The molecule has 0 saturated carbocycles. The fourth-order valence-corrected chi connectivity index (χ4v) is 5.95. The van der Waals surface area contributed by atoms with E-state index in [-0.39, 0.29) is 56.1 Å². The van der Waals surface area contributed by atoms with Gasteiger partial charge in [-0.2, -0.15) is 10.5 Å². The van der Waals surface area contributed by atoms with Crippen LogP contribution in [0.2, 0.25) is 0 Å². The van der Waals surface area contributed by atoms with Crippen LogP contribution in [-0.4, -0.2) is 98.3 Å². The van der Waals surface area contributed by atoms with Gasteiger partial charge in [0.2, 0.25) is 5.89 Å². The van der Waals surface area contributed by atoms with E-state index < -0.39 is 30.1 Å². The van der Waals surface area contributed by atoms with Crippen molar-refractivity contribution in [2.45, 2.75) is 48.7 Å².